The Bertz CT molecular complexity index is 877. The van der Waals surface area contributed by atoms with Gasteiger partial charge in [-0.3, -0.25) is 0 Å². The molecule has 4 heteroatoms. The van der Waals surface area contributed by atoms with Gasteiger partial charge in [-0.15, -0.1) is 0 Å². The molecule has 0 N–H and O–H groups in total. The zero-order valence-corrected chi connectivity index (χ0v) is 18.9. The molecule has 3 rings (SSSR count). The number of carbonyl (C=O) groups excluding carboxylic acids is 2. The highest BCUT2D eigenvalue weighted by Crippen LogP contribution is 2.34. The molecular weight excluding hydrogens is 388 g/mol. The van der Waals surface area contributed by atoms with E-state index in [9.17, 15) is 9.59 Å². The Morgan fingerprint density at radius 2 is 1.23 bits per heavy atom. The van der Waals surface area contributed by atoms with Crippen LogP contribution in [0.3, 0.4) is 0 Å². The average molecular weight is 423 g/mol. The summed E-state index contributed by atoms with van der Waals surface area (Å²) in [4.78, 5) is 25.1. The van der Waals surface area contributed by atoms with Gasteiger partial charge in [-0.1, -0.05) is 69.2 Å². The predicted molar refractivity (Wildman–Crippen MR) is 123 cm³/mol. The lowest BCUT2D eigenvalue weighted by Gasteiger charge is -2.12. The maximum atomic E-state index is 12.6. The van der Waals surface area contributed by atoms with Gasteiger partial charge in [0.05, 0.1) is 25.4 Å². The molecule has 0 aromatic carbocycles. The van der Waals surface area contributed by atoms with E-state index in [0.717, 1.165) is 36.0 Å². The molecule has 0 aliphatic heterocycles. The molecule has 166 valence electrons. The Morgan fingerprint density at radius 1 is 0.677 bits per heavy atom. The zero-order chi connectivity index (χ0) is 22.1. The summed E-state index contributed by atoms with van der Waals surface area (Å²) >= 11 is 0. The number of ether oxygens (including phenoxy) is 2. The molecular formula is C27H34O4. The SMILES string of the molecule is COC(=O)C1=C(C(=O)OC)C=C2CCCCCCCCCCCC3=CC=C2C(=C1)C=C3. The lowest BCUT2D eigenvalue weighted by molar-refractivity contribution is -0.138. The van der Waals surface area contributed by atoms with Gasteiger partial charge in [0, 0.05) is 0 Å². The molecule has 4 nitrogen and oxygen atoms in total. The Balaban J connectivity index is 2.05. The van der Waals surface area contributed by atoms with Gasteiger partial charge in [0.1, 0.15) is 0 Å². The molecule has 0 unspecified atom stereocenters. The summed E-state index contributed by atoms with van der Waals surface area (Å²) in [6, 6.07) is 0. The molecule has 0 heterocycles. The smallest absolute Gasteiger partial charge is 0.338 e. The zero-order valence-electron chi connectivity index (χ0n) is 18.9. The molecule has 0 saturated heterocycles. The van der Waals surface area contributed by atoms with E-state index in [1.165, 1.54) is 71.2 Å². The number of esters is 2. The van der Waals surface area contributed by atoms with Crippen LogP contribution in [0.2, 0.25) is 0 Å². The van der Waals surface area contributed by atoms with Gasteiger partial charge in [-0.2, -0.15) is 0 Å². The fourth-order valence-corrected chi connectivity index (χ4v) is 4.42. The molecule has 0 saturated carbocycles. The first kappa shape index (κ1) is 23.1. The number of carbonyl (C=O) groups is 2. The van der Waals surface area contributed by atoms with Crippen molar-refractivity contribution in [3.8, 4) is 0 Å². The molecule has 0 aromatic rings. The maximum absolute atomic E-state index is 12.6. The van der Waals surface area contributed by atoms with Crippen LogP contribution in [0.5, 0.6) is 0 Å². The third-order valence-electron chi connectivity index (χ3n) is 6.23. The fraction of sp³-hybridized carbons (Fsp3) is 0.481. The number of methoxy groups -OCH3 is 2. The van der Waals surface area contributed by atoms with Crippen molar-refractivity contribution < 1.29 is 19.1 Å². The number of rotatable bonds is 2. The van der Waals surface area contributed by atoms with E-state index in [4.69, 9.17) is 9.47 Å². The largest absolute Gasteiger partial charge is 0.465 e. The second-order valence-electron chi connectivity index (χ2n) is 8.42. The molecule has 3 aliphatic rings. The third kappa shape index (κ3) is 6.19. The standard InChI is InChI=1S/C27H34O4/c1-30-26(28)24-18-21-13-11-9-7-5-3-4-6-8-10-12-20-14-16-22(23(21)17-15-20)19-25(24)27(29)31-2/h14-19H,3-13H2,1-2H3. The minimum atomic E-state index is -0.530. The van der Waals surface area contributed by atoms with Gasteiger partial charge in [0.15, 0.2) is 0 Å². The molecule has 31 heavy (non-hydrogen) atoms. The topological polar surface area (TPSA) is 52.6 Å². The first-order valence-corrected chi connectivity index (χ1v) is 11.6. The quantitative estimate of drug-likeness (QED) is 0.496. The van der Waals surface area contributed by atoms with E-state index in [2.05, 4.69) is 24.3 Å². The van der Waals surface area contributed by atoms with Gasteiger partial charge in [0.25, 0.3) is 0 Å². The van der Waals surface area contributed by atoms with Crippen LogP contribution >= 0.6 is 0 Å². The Kier molecular flexibility index (Phi) is 8.69. The summed E-state index contributed by atoms with van der Waals surface area (Å²) in [7, 11) is 2.67. The van der Waals surface area contributed by atoms with E-state index in [0.29, 0.717) is 0 Å². The molecule has 0 amide bonds. The summed E-state index contributed by atoms with van der Waals surface area (Å²) in [6.45, 7) is 0. The number of fused-ring (bicyclic) bond motifs is 1. The van der Waals surface area contributed by atoms with E-state index in [1.54, 1.807) is 6.08 Å². The Labute approximate surface area is 186 Å². The molecule has 3 aliphatic carbocycles. The molecule has 0 radical (unpaired) electrons. The van der Waals surface area contributed by atoms with Crippen LogP contribution in [-0.4, -0.2) is 26.2 Å². The molecule has 2 bridgehead atoms. The normalized spacial score (nSPS) is 20.6. The number of allylic oxidation sites excluding steroid dienone is 8. The molecule has 0 atom stereocenters. The summed E-state index contributed by atoms with van der Waals surface area (Å²) < 4.78 is 9.98. The first-order valence-electron chi connectivity index (χ1n) is 11.6. The van der Waals surface area contributed by atoms with Gasteiger partial charge in [-0.05, 0) is 60.1 Å². The third-order valence-corrected chi connectivity index (χ3v) is 6.23. The monoisotopic (exact) mass is 422 g/mol. The van der Waals surface area contributed by atoms with Gasteiger partial charge in [-0.25, -0.2) is 9.59 Å². The van der Waals surface area contributed by atoms with Crippen molar-refractivity contribution >= 4 is 11.9 Å². The highest BCUT2D eigenvalue weighted by atomic mass is 16.5. The maximum Gasteiger partial charge on any atom is 0.338 e. The van der Waals surface area contributed by atoms with Crippen LogP contribution in [0.25, 0.3) is 0 Å². The number of hydrogen-bond donors (Lipinski definition) is 0. The lowest BCUT2D eigenvalue weighted by Crippen LogP contribution is -2.12. The molecule has 0 spiro atoms. The van der Waals surface area contributed by atoms with Crippen LogP contribution in [0.15, 0.2) is 69.9 Å². The summed E-state index contributed by atoms with van der Waals surface area (Å²) in [5.41, 5.74) is 4.87. The summed E-state index contributed by atoms with van der Waals surface area (Å²) in [5, 5.41) is 0. The van der Waals surface area contributed by atoms with Crippen LogP contribution in [0.4, 0.5) is 0 Å². The Morgan fingerprint density at radius 3 is 1.84 bits per heavy atom. The summed E-state index contributed by atoms with van der Waals surface area (Å²) in [6.07, 6.45) is 25.3. The average Bonchev–Trinajstić information content (AvgIpc) is 3.07. The van der Waals surface area contributed by atoms with E-state index in [1.807, 2.05) is 6.08 Å². The second kappa shape index (κ2) is 11.7. The molecule has 0 aromatic heterocycles. The van der Waals surface area contributed by atoms with Crippen molar-refractivity contribution in [1.82, 2.24) is 0 Å². The first-order chi connectivity index (χ1) is 15.1. The second-order valence-corrected chi connectivity index (χ2v) is 8.42. The molecule has 0 fully saturated rings. The van der Waals surface area contributed by atoms with E-state index >= 15 is 0 Å². The minimum Gasteiger partial charge on any atom is -0.465 e. The Hall–Kier alpha value is -2.62. The van der Waals surface area contributed by atoms with Crippen LogP contribution in [-0.2, 0) is 19.1 Å². The van der Waals surface area contributed by atoms with Crippen LogP contribution in [0, 0.1) is 0 Å². The van der Waals surface area contributed by atoms with Crippen LogP contribution in [0.1, 0.15) is 70.6 Å². The van der Waals surface area contributed by atoms with Gasteiger partial charge < -0.3 is 9.47 Å². The van der Waals surface area contributed by atoms with Crippen molar-refractivity contribution in [3.63, 3.8) is 0 Å². The van der Waals surface area contributed by atoms with E-state index < -0.39 is 11.9 Å². The van der Waals surface area contributed by atoms with Gasteiger partial charge in [0.2, 0.25) is 0 Å². The van der Waals surface area contributed by atoms with Crippen molar-refractivity contribution in [1.29, 1.82) is 0 Å². The lowest BCUT2D eigenvalue weighted by atomic mass is 9.93. The van der Waals surface area contributed by atoms with E-state index in [-0.39, 0.29) is 11.1 Å². The highest BCUT2D eigenvalue weighted by molar-refractivity contribution is 6.05. The number of hydrogen-bond acceptors (Lipinski definition) is 4. The predicted octanol–water partition coefficient (Wildman–Crippen LogP) is 6.22. The van der Waals surface area contributed by atoms with Crippen molar-refractivity contribution in [2.24, 2.45) is 0 Å². The minimum absolute atomic E-state index is 0.243. The van der Waals surface area contributed by atoms with Crippen molar-refractivity contribution in [3.05, 3.63) is 69.9 Å². The van der Waals surface area contributed by atoms with Crippen molar-refractivity contribution in [2.45, 2.75) is 70.6 Å². The highest BCUT2D eigenvalue weighted by Gasteiger charge is 2.25. The fourth-order valence-electron chi connectivity index (χ4n) is 4.42. The summed E-state index contributed by atoms with van der Waals surface area (Å²) in [5.74, 6) is -1.05. The van der Waals surface area contributed by atoms with Crippen LogP contribution < -0.4 is 0 Å². The van der Waals surface area contributed by atoms with Crippen molar-refractivity contribution in [2.75, 3.05) is 14.2 Å². The van der Waals surface area contributed by atoms with Gasteiger partial charge >= 0.3 is 11.9 Å².